The molecule has 100 valence electrons. The minimum absolute atomic E-state index is 0.170. The van der Waals surface area contributed by atoms with Gasteiger partial charge < -0.3 is 9.72 Å². The molecule has 0 radical (unpaired) electrons. The minimum atomic E-state index is -0.170. The summed E-state index contributed by atoms with van der Waals surface area (Å²) in [5, 5.41) is 1.23. The highest BCUT2D eigenvalue weighted by atomic mass is 19.1. The van der Waals surface area contributed by atoms with E-state index in [-0.39, 0.29) is 5.82 Å². The van der Waals surface area contributed by atoms with Crippen molar-refractivity contribution in [3.63, 3.8) is 0 Å². The topological polar surface area (TPSA) is 25.0 Å². The average Bonchev–Trinajstić information content (AvgIpc) is 2.93. The van der Waals surface area contributed by atoms with Crippen LogP contribution in [0.15, 0.2) is 30.3 Å². The van der Waals surface area contributed by atoms with Crippen molar-refractivity contribution < 1.29 is 9.13 Å². The first-order chi connectivity index (χ1) is 9.67. The van der Waals surface area contributed by atoms with E-state index in [1.54, 1.807) is 13.2 Å². The lowest BCUT2D eigenvalue weighted by atomic mass is 10.0. The van der Waals surface area contributed by atoms with Crippen LogP contribution >= 0.6 is 0 Å². The van der Waals surface area contributed by atoms with Crippen LogP contribution in [0.2, 0.25) is 0 Å². The second-order valence-corrected chi connectivity index (χ2v) is 5.32. The summed E-state index contributed by atoms with van der Waals surface area (Å²) in [4.78, 5) is 3.46. The molecule has 1 heterocycles. The molecule has 1 aliphatic rings. The van der Waals surface area contributed by atoms with Gasteiger partial charge in [-0.3, -0.25) is 0 Å². The normalized spacial score (nSPS) is 12.6. The Labute approximate surface area is 116 Å². The van der Waals surface area contributed by atoms with Gasteiger partial charge in [0, 0.05) is 23.4 Å². The summed E-state index contributed by atoms with van der Waals surface area (Å²) in [6, 6.07) is 9.07. The molecule has 3 aromatic rings. The van der Waals surface area contributed by atoms with E-state index in [0.717, 1.165) is 34.5 Å². The van der Waals surface area contributed by atoms with E-state index in [2.05, 4.69) is 11.9 Å². The maximum atomic E-state index is 13.4. The van der Waals surface area contributed by atoms with E-state index >= 15 is 0 Å². The van der Waals surface area contributed by atoms with Gasteiger partial charge in [0.25, 0.3) is 0 Å². The number of nitrogens with one attached hydrogen (secondary N) is 1. The lowest BCUT2D eigenvalue weighted by Crippen LogP contribution is -1.88. The Morgan fingerprint density at radius 3 is 2.85 bits per heavy atom. The Morgan fingerprint density at radius 1 is 1.20 bits per heavy atom. The number of aromatic nitrogens is 1. The molecule has 0 saturated heterocycles. The van der Waals surface area contributed by atoms with Gasteiger partial charge in [0.05, 0.1) is 18.3 Å². The second kappa shape index (κ2) is 3.85. The molecule has 2 aromatic carbocycles. The second-order valence-electron chi connectivity index (χ2n) is 5.32. The minimum Gasteiger partial charge on any atom is -0.497 e. The highest BCUT2D eigenvalue weighted by molar-refractivity contribution is 5.97. The van der Waals surface area contributed by atoms with E-state index in [0.29, 0.717) is 0 Å². The smallest absolute Gasteiger partial charge is 0.123 e. The van der Waals surface area contributed by atoms with Crippen molar-refractivity contribution >= 4 is 10.9 Å². The molecule has 0 fully saturated rings. The fourth-order valence-corrected chi connectivity index (χ4v) is 3.26. The summed E-state index contributed by atoms with van der Waals surface area (Å²) < 4.78 is 18.7. The number of H-pyrrole nitrogens is 1. The highest BCUT2D eigenvalue weighted by Gasteiger charge is 2.24. The Kier molecular flexibility index (Phi) is 2.22. The molecule has 0 spiro atoms. The third-order valence-electron chi connectivity index (χ3n) is 4.11. The number of aryl methyl sites for hydroxylation is 1. The number of hydrogen-bond donors (Lipinski definition) is 1. The number of methoxy groups -OCH3 is 1. The van der Waals surface area contributed by atoms with E-state index in [4.69, 9.17) is 4.74 Å². The Bertz CT molecular complexity index is 848. The van der Waals surface area contributed by atoms with E-state index in [9.17, 15) is 4.39 Å². The third-order valence-corrected chi connectivity index (χ3v) is 4.11. The van der Waals surface area contributed by atoms with Gasteiger partial charge in [-0.1, -0.05) is 0 Å². The number of rotatable bonds is 1. The molecule has 4 rings (SSSR count). The molecule has 0 aliphatic heterocycles. The molecule has 1 aliphatic carbocycles. The maximum absolute atomic E-state index is 13.4. The number of aromatic amines is 1. The summed E-state index contributed by atoms with van der Waals surface area (Å²) in [6.45, 7) is 2.09. The van der Waals surface area contributed by atoms with E-state index in [1.165, 1.54) is 22.6 Å². The molecule has 0 bridgehead atoms. The van der Waals surface area contributed by atoms with Crippen LogP contribution in [0.25, 0.3) is 22.2 Å². The van der Waals surface area contributed by atoms with Crippen LogP contribution in [0.3, 0.4) is 0 Å². The summed E-state index contributed by atoms with van der Waals surface area (Å²) in [6.07, 6.45) is 0.787. The number of fused-ring (bicyclic) bond motifs is 5. The SMILES string of the molecule is COc1cc(C)c2c3c([nH]c2c1)-c1ccc(F)cc1C3. The van der Waals surface area contributed by atoms with Gasteiger partial charge in [-0.15, -0.1) is 0 Å². The third kappa shape index (κ3) is 1.43. The van der Waals surface area contributed by atoms with Crippen LogP contribution in [-0.2, 0) is 6.42 Å². The van der Waals surface area contributed by atoms with E-state index in [1.807, 2.05) is 18.2 Å². The quantitative estimate of drug-likeness (QED) is 0.549. The zero-order valence-electron chi connectivity index (χ0n) is 11.4. The molecular formula is C17H14FNO. The largest absolute Gasteiger partial charge is 0.497 e. The van der Waals surface area contributed by atoms with Gasteiger partial charge in [0.1, 0.15) is 11.6 Å². The molecule has 20 heavy (non-hydrogen) atoms. The fraction of sp³-hybridized carbons (Fsp3) is 0.176. The molecule has 0 unspecified atom stereocenters. The molecular weight excluding hydrogens is 253 g/mol. The van der Waals surface area contributed by atoms with Crippen molar-refractivity contribution in [2.24, 2.45) is 0 Å². The Balaban J connectivity index is 2.02. The average molecular weight is 267 g/mol. The zero-order chi connectivity index (χ0) is 13.9. The number of benzene rings is 2. The molecule has 1 N–H and O–H groups in total. The predicted octanol–water partition coefficient (Wildman–Crippen LogP) is 4.20. The van der Waals surface area contributed by atoms with E-state index < -0.39 is 0 Å². The lowest BCUT2D eigenvalue weighted by molar-refractivity contribution is 0.415. The van der Waals surface area contributed by atoms with Crippen LogP contribution in [0.4, 0.5) is 4.39 Å². The molecule has 3 heteroatoms. The van der Waals surface area contributed by atoms with Crippen LogP contribution in [-0.4, -0.2) is 12.1 Å². The molecule has 2 nitrogen and oxygen atoms in total. The van der Waals surface area contributed by atoms with Gasteiger partial charge in [-0.05, 0) is 47.9 Å². The van der Waals surface area contributed by atoms with Crippen molar-refractivity contribution in [3.8, 4) is 17.0 Å². The van der Waals surface area contributed by atoms with Gasteiger partial charge in [0.2, 0.25) is 0 Å². The highest BCUT2D eigenvalue weighted by Crippen LogP contribution is 2.42. The standard InChI is InChI=1S/C17H14FNO/c1-9-5-12(20-2)8-15-16(9)14-7-10-6-11(18)3-4-13(10)17(14)19-15/h3-6,8,19H,7H2,1-2H3. The summed E-state index contributed by atoms with van der Waals surface area (Å²) in [7, 11) is 1.68. The van der Waals surface area contributed by atoms with Crippen molar-refractivity contribution in [2.75, 3.05) is 7.11 Å². The van der Waals surface area contributed by atoms with Gasteiger partial charge in [0.15, 0.2) is 0 Å². The molecule has 0 saturated carbocycles. The molecule has 1 aromatic heterocycles. The molecule has 0 amide bonds. The van der Waals surface area contributed by atoms with Crippen molar-refractivity contribution in [1.29, 1.82) is 0 Å². The first-order valence-corrected chi connectivity index (χ1v) is 6.65. The predicted molar refractivity (Wildman–Crippen MR) is 77.8 cm³/mol. The monoisotopic (exact) mass is 267 g/mol. The summed E-state index contributed by atoms with van der Waals surface area (Å²) >= 11 is 0. The lowest BCUT2D eigenvalue weighted by Gasteiger charge is -2.05. The van der Waals surface area contributed by atoms with Gasteiger partial charge in [-0.25, -0.2) is 4.39 Å². The van der Waals surface area contributed by atoms with Gasteiger partial charge in [-0.2, -0.15) is 0 Å². The van der Waals surface area contributed by atoms with Crippen molar-refractivity contribution in [1.82, 2.24) is 4.98 Å². The first kappa shape index (κ1) is 11.5. The maximum Gasteiger partial charge on any atom is 0.123 e. The molecule has 0 atom stereocenters. The van der Waals surface area contributed by atoms with Crippen LogP contribution < -0.4 is 4.74 Å². The Morgan fingerprint density at radius 2 is 2.05 bits per heavy atom. The fourth-order valence-electron chi connectivity index (χ4n) is 3.26. The first-order valence-electron chi connectivity index (χ1n) is 6.65. The van der Waals surface area contributed by atoms with Crippen LogP contribution in [0, 0.1) is 12.7 Å². The summed E-state index contributed by atoms with van der Waals surface area (Å²) in [5.41, 5.74) is 6.82. The number of ether oxygens (including phenoxy) is 1. The van der Waals surface area contributed by atoms with Crippen LogP contribution in [0.1, 0.15) is 16.7 Å². The zero-order valence-corrected chi connectivity index (χ0v) is 11.4. The van der Waals surface area contributed by atoms with Crippen molar-refractivity contribution in [3.05, 3.63) is 52.8 Å². The van der Waals surface area contributed by atoms with Crippen molar-refractivity contribution in [2.45, 2.75) is 13.3 Å². The number of hydrogen-bond acceptors (Lipinski definition) is 1. The summed E-state index contributed by atoms with van der Waals surface area (Å²) in [5.74, 6) is 0.686. The van der Waals surface area contributed by atoms with Gasteiger partial charge >= 0.3 is 0 Å². The number of halogens is 1. The Hall–Kier alpha value is -2.29. The van der Waals surface area contributed by atoms with Crippen LogP contribution in [0.5, 0.6) is 5.75 Å².